The van der Waals surface area contributed by atoms with Gasteiger partial charge in [0.1, 0.15) is 6.10 Å². The van der Waals surface area contributed by atoms with Crippen LogP contribution in [0.5, 0.6) is 0 Å². The Bertz CT molecular complexity index is 952. The van der Waals surface area contributed by atoms with Gasteiger partial charge >= 0.3 is 0 Å². The van der Waals surface area contributed by atoms with E-state index in [0.717, 1.165) is 24.3 Å². The lowest BCUT2D eigenvalue weighted by Crippen LogP contribution is -2.26. The minimum absolute atomic E-state index is 0.108. The van der Waals surface area contributed by atoms with Crippen LogP contribution in [0.1, 0.15) is 28.8 Å². The molecule has 1 saturated heterocycles. The van der Waals surface area contributed by atoms with Crippen LogP contribution in [0.3, 0.4) is 0 Å². The number of hydrogen-bond donors (Lipinski definition) is 0. The molecule has 0 bridgehead atoms. The van der Waals surface area contributed by atoms with Crippen molar-refractivity contribution in [1.82, 2.24) is 15.1 Å². The normalized spacial score (nSPS) is 17.2. The standard InChI is InChI=1S/C21H22N4O4/c1-25(21(26)15-7-10-22-11-8-15)17-5-3-14(4-6-17)19-23-20(29-24-19)18(27-2)16-9-12-28-13-16/h3-8,10-11,16,18H,9,12-13H2,1-2H3. The van der Waals surface area contributed by atoms with E-state index in [1.54, 1.807) is 43.6 Å². The van der Waals surface area contributed by atoms with E-state index >= 15 is 0 Å². The Balaban J connectivity index is 1.49. The number of rotatable bonds is 6. The van der Waals surface area contributed by atoms with Gasteiger partial charge in [0.25, 0.3) is 11.8 Å². The number of carbonyl (C=O) groups excluding carboxylic acids is 1. The van der Waals surface area contributed by atoms with Crippen molar-refractivity contribution in [2.75, 3.05) is 32.3 Å². The molecule has 1 aromatic carbocycles. The minimum atomic E-state index is -0.276. The molecule has 8 heteroatoms. The number of benzene rings is 1. The summed E-state index contributed by atoms with van der Waals surface area (Å²) >= 11 is 0. The van der Waals surface area contributed by atoms with Crippen molar-refractivity contribution < 1.29 is 18.8 Å². The molecule has 8 nitrogen and oxygen atoms in total. The predicted molar refractivity (Wildman–Crippen MR) is 105 cm³/mol. The number of hydrogen-bond acceptors (Lipinski definition) is 7. The van der Waals surface area contributed by atoms with E-state index in [-0.39, 0.29) is 17.9 Å². The highest BCUT2D eigenvalue weighted by Gasteiger charge is 2.31. The summed E-state index contributed by atoms with van der Waals surface area (Å²) in [4.78, 5) is 22.6. The topological polar surface area (TPSA) is 90.6 Å². The largest absolute Gasteiger partial charge is 0.381 e. The molecule has 2 aromatic heterocycles. The number of methoxy groups -OCH3 is 1. The predicted octanol–water partition coefficient (Wildman–Crippen LogP) is 3.13. The monoisotopic (exact) mass is 394 g/mol. The zero-order valence-corrected chi connectivity index (χ0v) is 16.3. The van der Waals surface area contributed by atoms with Gasteiger partial charge in [-0.1, -0.05) is 5.16 Å². The molecule has 1 aliphatic heterocycles. The first-order valence-electron chi connectivity index (χ1n) is 9.40. The Labute approximate surface area is 168 Å². The van der Waals surface area contributed by atoms with Crippen molar-refractivity contribution in [2.45, 2.75) is 12.5 Å². The van der Waals surface area contributed by atoms with Crippen LogP contribution < -0.4 is 4.90 Å². The molecule has 150 valence electrons. The number of ether oxygens (including phenoxy) is 2. The zero-order chi connectivity index (χ0) is 20.2. The lowest BCUT2D eigenvalue weighted by Gasteiger charge is -2.17. The maximum atomic E-state index is 12.6. The number of carbonyl (C=O) groups is 1. The van der Waals surface area contributed by atoms with E-state index in [0.29, 0.717) is 23.9 Å². The van der Waals surface area contributed by atoms with Gasteiger partial charge < -0.3 is 18.9 Å². The first-order chi connectivity index (χ1) is 14.2. The minimum Gasteiger partial charge on any atom is -0.381 e. The molecule has 29 heavy (non-hydrogen) atoms. The highest BCUT2D eigenvalue weighted by atomic mass is 16.5. The number of amides is 1. The van der Waals surface area contributed by atoms with Crippen LogP contribution >= 0.6 is 0 Å². The molecule has 2 atom stereocenters. The lowest BCUT2D eigenvalue weighted by atomic mass is 10.0. The number of anilines is 1. The molecule has 0 aliphatic carbocycles. The van der Waals surface area contributed by atoms with Gasteiger partial charge in [-0.25, -0.2) is 0 Å². The molecular weight excluding hydrogens is 372 g/mol. The SMILES string of the molecule is COC(c1nc(-c2ccc(N(C)C(=O)c3ccncc3)cc2)no1)C1CCOC1. The average molecular weight is 394 g/mol. The van der Waals surface area contributed by atoms with Crippen LogP contribution in [0, 0.1) is 5.92 Å². The van der Waals surface area contributed by atoms with Crippen molar-refractivity contribution in [3.8, 4) is 11.4 Å². The third-order valence-electron chi connectivity index (χ3n) is 5.08. The van der Waals surface area contributed by atoms with Gasteiger partial charge in [-0.15, -0.1) is 0 Å². The molecule has 2 unspecified atom stereocenters. The first kappa shape index (κ1) is 19.2. The van der Waals surface area contributed by atoms with E-state index < -0.39 is 0 Å². The van der Waals surface area contributed by atoms with Crippen LogP contribution in [-0.2, 0) is 9.47 Å². The molecule has 3 aromatic rings. The summed E-state index contributed by atoms with van der Waals surface area (Å²) in [6, 6.07) is 10.8. The van der Waals surface area contributed by atoms with Crippen molar-refractivity contribution in [3.63, 3.8) is 0 Å². The van der Waals surface area contributed by atoms with Crippen LogP contribution in [0.4, 0.5) is 5.69 Å². The van der Waals surface area contributed by atoms with E-state index in [4.69, 9.17) is 14.0 Å². The summed E-state index contributed by atoms with van der Waals surface area (Å²) in [6.07, 6.45) is 3.83. The van der Waals surface area contributed by atoms with Gasteiger partial charge in [0.2, 0.25) is 5.82 Å². The maximum absolute atomic E-state index is 12.6. The lowest BCUT2D eigenvalue weighted by molar-refractivity contribution is 0.0210. The Kier molecular flexibility index (Phi) is 5.64. The summed E-state index contributed by atoms with van der Waals surface area (Å²) in [5.41, 5.74) is 2.14. The second-order valence-corrected chi connectivity index (χ2v) is 6.88. The van der Waals surface area contributed by atoms with E-state index in [1.807, 2.05) is 24.3 Å². The Morgan fingerprint density at radius 3 is 2.62 bits per heavy atom. The fourth-order valence-electron chi connectivity index (χ4n) is 3.39. The summed E-state index contributed by atoms with van der Waals surface area (Å²) < 4.78 is 16.4. The van der Waals surface area contributed by atoms with Crippen molar-refractivity contribution in [3.05, 3.63) is 60.2 Å². The molecule has 1 fully saturated rings. The summed E-state index contributed by atoms with van der Waals surface area (Å²) in [5, 5.41) is 4.09. The highest BCUT2D eigenvalue weighted by molar-refractivity contribution is 6.05. The smallest absolute Gasteiger partial charge is 0.258 e. The van der Waals surface area contributed by atoms with E-state index in [2.05, 4.69) is 15.1 Å². The van der Waals surface area contributed by atoms with Crippen LogP contribution in [-0.4, -0.2) is 48.4 Å². The molecular formula is C21H22N4O4. The van der Waals surface area contributed by atoms with Crippen molar-refractivity contribution in [1.29, 1.82) is 0 Å². The van der Waals surface area contributed by atoms with Gasteiger partial charge in [-0.05, 0) is 42.8 Å². The number of aromatic nitrogens is 3. The fourth-order valence-corrected chi connectivity index (χ4v) is 3.39. The Morgan fingerprint density at radius 2 is 1.97 bits per heavy atom. The van der Waals surface area contributed by atoms with Crippen molar-refractivity contribution in [2.24, 2.45) is 5.92 Å². The molecule has 0 radical (unpaired) electrons. The van der Waals surface area contributed by atoms with Crippen LogP contribution in [0.2, 0.25) is 0 Å². The summed E-state index contributed by atoms with van der Waals surface area (Å²) in [7, 11) is 3.37. The van der Waals surface area contributed by atoms with E-state index in [1.165, 1.54) is 0 Å². The second kappa shape index (κ2) is 8.50. The molecule has 0 spiro atoms. The first-order valence-corrected chi connectivity index (χ1v) is 9.40. The Hall–Kier alpha value is -3.10. The van der Waals surface area contributed by atoms with Gasteiger partial charge in [0.05, 0.1) is 6.61 Å². The van der Waals surface area contributed by atoms with Gasteiger partial charge in [-0.2, -0.15) is 4.98 Å². The molecule has 1 amide bonds. The van der Waals surface area contributed by atoms with Crippen LogP contribution in [0.15, 0.2) is 53.3 Å². The molecule has 0 saturated carbocycles. The molecule has 0 N–H and O–H groups in total. The van der Waals surface area contributed by atoms with E-state index in [9.17, 15) is 4.79 Å². The van der Waals surface area contributed by atoms with Gasteiger partial charge in [0, 0.05) is 55.9 Å². The molecule has 3 heterocycles. The zero-order valence-electron chi connectivity index (χ0n) is 16.3. The molecule has 4 rings (SSSR count). The van der Waals surface area contributed by atoms with Gasteiger partial charge in [0.15, 0.2) is 0 Å². The average Bonchev–Trinajstić information content (AvgIpc) is 3.47. The maximum Gasteiger partial charge on any atom is 0.258 e. The Morgan fingerprint density at radius 1 is 1.21 bits per heavy atom. The van der Waals surface area contributed by atoms with Gasteiger partial charge in [-0.3, -0.25) is 9.78 Å². The van der Waals surface area contributed by atoms with Crippen molar-refractivity contribution >= 4 is 11.6 Å². The third-order valence-corrected chi connectivity index (χ3v) is 5.08. The number of nitrogens with zero attached hydrogens (tertiary/aromatic N) is 4. The fraction of sp³-hybridized carbons (Fsp3) is 0.333. The third kappa shape index (κ3) is 4.03. The quantitative estimate of drug-likeness (QED) is 0.634. The van der Waals surface area contributed by atoms with Crippen LogP contribution in [0.25, 0.3) is 11.4 Å². The highest BCUT2D eigenvalue weighted by Crippen LogP contribution is 2.32. The summed E-state index contributed by atoms with van der Waals surface area (Å²) in [6.45, 7) is 1.35. The second-order valence-electron chi connectivity index (χ2n) is 6.88. The summed E-state index contributed by atoms with van der Waals surface area (Å²) in [5.74, 6) is 1.04. The number of pyridine rings is 1. The molecule has 1 aliphatic rings.